The van der Waals surface area contributed by atoms with E-state index in [1.54, 1.807) is 0 Å². The molecule has 0 amide bonds. The Morgan fingerprint density at radius 3 is 1.35 bits per heavy atom. The monoisotopic (exact) mass is 576 g/mol. The molecule has 0 bridgehead atoms. The van der Waals surface area contributed by atoms with Gasteiger partial charge in [-0.2, -0.15) is 0 Å². The van der Waals surface area contributed by atoms with Crippen LogP contribution in [0.1, 0.15) is 63.5 Å². The topological polar surface area (TPSA) is 48.5 Å². The standard InChI is InChI=1S/C29H29N5.2ClH.Co/c1-2-11-20(10-1)33-26-18-7-5-14-22(26)31-28(33)24-16-9-17-25(30-24)29-32-23-15-6-8-19-27(23)34(29)21-12-3-4-13-21;;;/h5-9,14-21H,1-4,10-13H2;2*1H;/q;;;+2/p-2. The summed E-state index contributed by atoms with van der Waals surface area (Å²) in [5, 5.41) is 0. The second-order valence-corrected chi connectivity index (χ2v) is 9.87. The van der Waals surface area contributed by atoms with Crippen LogP contribution in [0, 0.1) is 0 Å². The van der Waals surface area contributed by atoms with Crippen LogP contribution >= 0.6 is 0 Å². The van der Waals surface area contributed by atoms with Gasteiger partial charge in [0.15, 0.2) is 11.6 Å². The third-order valence-corrected chi connectivity index (χ3v) is 7.78. The van der Waals surface area contributed by atoms with E-state index < -0.39 is 0 Å². The summed E-state index contributed by atoms with van der Waals surface area (Å²) < 4.78 is 4.91. The van der Waals surface area contributed by atoms with E-state index in [0.29, 0.717) is 12.1 Å². The summed E-state index contributed by atoms with van der Waals surface area (Å²) in [6.07, 6.45) is 10.0. The molecule has 0 N–H and O–H groups in total. The number of imidazole rings is 2. The maximum Gasteiger partial charge on any atom is 2.00 e. The fraction of sp³-hybridized carbons (Fsp3) is 0.345. The van der Waals surface area contributed by atoms with Crippen LogP contribution in [0.2, 0.25) is 0 Å². The molecule has 2 saturated carbocycles. The molecule has 193 valence electrons. The van der Waals surface area contributed by atoms with E-state index in [4.69, 9.17) is 15.0 Å². The number of nitrogens with zero attached hydrogens (tertiary/aromatic N) is 5. The zero-order valence-electron chi connectivity index (χ0n) is 20.5. The predicted octanol–water partition coefficient (Wildman–Crippen LogP) is 1.35. The number of para-hydroxylation sites is 4. The molecule has 2 aliphatic rings. The van der Waals surface area contributed by atoms with E-state index in [-0.39, 0.29) is 41.6 Å². The van der Waals surface area contributed by atoms with Gasteiger partial charge in [0.25, 0.3) is 0 Å². The van der Waals surface area contributed by atoms with Crippen LogP contribution in [-0.4, -0.2) is 24.1 Å². The Morgan fingerprint density at radius 2 is 0.919 bits per heavy atom. The quantitative estimate of drug-likeness (QED) is 0.324. The van der Waals surface area contributed by atoms with Crippen LogP contribution in [0.3, 0.4) is 0 Å². The molecule has 0 unspecified atom stereocenters. The Kier molecular flexibility index (Phi) is 8.64. The van der Waals surface area contributed by atoms with Crippen LogP contribution in [0.4, 0.5) is 0 Å². The summed E-state index contributed by atoms with van der Waals surface area (Å²) in [6.45, 7) is 0. The molecule has 0 saturated heterocycles. The van der Waals surface area contributed by atoms with Gasteiger partial charge >= 0.3 is 16.8 Å². The number of benzene rings is 2. The van der Waals surface area contributed by atoms with Crippen LogP contribution in [-0.2, 0) is 16.8 Å². The van der Waals surface area contributed by atoms with Crippen molar-refractivity contribution in [1.29, 1.82) is 0 Å². The third-order valence-electron chi connectivity index (χ3n) is 7.78. The van der Waals surface area contributed by atoms with Gasteiger partial charge in [0, 0.05) is 12.1 Å². The first-order valence-electron chi connectivity index (χ1n) is 12.8. The minimum atomic E-state index is 0. The second kappa shape index (κ2) is 11.6. The molecule has 5 nitrogen and oxygen atoms in total. The number of rotatable bonds is 4. The van der Waals surface area contributed by atoms with Crippen molar-refractivity contribution in [2.75, 3.05) is 0 Å². The smallest absolute Gasteiger partial charge is 1.00 e. The molecule has 2 aliphatic carbocycles. The molecule has 3 aromatic heterocycles. The summed E-state index contributed by atoms with van der Waals surface area (Å²) >= 11 is 0. The van der Waals surface area contributed by atoms with Crippen LogP contribution in [0.5, 0.6) is 0 Å². The SMILES string of the molecule is [Cl-].[Cl-].[Co+2].c1cc(-c2nc3ccccc3n2C2CCCC2)nc(-c2nc3ccccc3n2C2CCCC2)c1. The summed E-state index contributed by atoms with van der Waals surface area (Å²) in [7, 11) is 0. The number of aromatic nitrogens is 5. The van der Waals surface area contributed by atoms with Crippen molar-refractivity contribution in [3.05, 3.63) is 66.7 Å². The zero-order valence-corrected chi connectivity index (χ0v) is 23.0. The third kappa shape index (κ3) is 4.81. The maximum absolute atomic E-state index is 5.20. The van der Waals surface area contributed by atoms with Gasteiger partial charge in [0.05, 0.1) is 22.1 Å². The largest absolute Gasteiger partial charge is 2.00 e. The molecule has 1 radical (unpaired) electrons. The van der Waals surface area contributed by atoms with Crippen molar-refractivity contribution in [2.45, 2.75) is 63.5 Å². The van der Waals surface area contributed by atoms with E-state index >= 15 is 0 Å². The number of hydrogen-bond acceptors (Lipinski definition) is 3. The first-order chi connectivity index (χ1) is 16.9. The zero-order chi connectivity index (χ0) is 22.5. The fourth-order valence-corrected chi connectivity index (χ4v) is 6.20. The van der Waals surface area contributed by atoms with E-state index in [9.17, 15) is 0 Å². The summed E-state index contributed by atoms with van der Waals surface area (Å²) in [5.74, 6) is 1.97. The van der Waals surface area contributed by atoms with Crippen molar-refractivity contribution in [1.82, 2.24) is 24.1 Å². The number of pyridine rings is 1. The van der Waals surface area contributed by atoms with E-state index in [0.717, 1.165) is 34.1 Å². The average molecular weight is 577 g/mol. The molecular weight excluding hydrogens is 548 g/mol. The molecule has 3 heterocycles. The minimum absolute atomic E-state index is 0. The van der Waals surface area contributed by atoms with Crippen molar-refractivity contribution in [3.8, 4) is 23.0 Å². The van der Waals surface area contributed by atoms with Gasteiger partial charge < -0.3 is 33.9 Å². The molecule has 7 rings (SSSR count). The van der Waals surface area contributed by atoms with Crippen LogP contribution < -0.4 is 24.8 Å². The van der Waals surface area contributed by atoms with Gasteiger partial charge in [-0.1, -0.05) is 56.0 Å². The first-order valence-corrected chi connectivity index (χ1v) is 12.8. The predicted molar refractivity (Wildman–Crippen MR) is 137 cm³/mol. The Morgan fingerprint density at radius 1 is 0.514 bits per heavy atom. The Balaban J connectivity index is 0.00000107. The maximum atomic E-state index is 5.20. The molecule has 8 heteroatoms. The molecule has 2 aromatic carbocycles. The summed E-state index contributed by atoms with van der Waals surface area (Å²) in [4.78, 5) is 15.4. The summed E-state index contributed by atoms with van der Waals surface area (Å²) in [6, 6.07) is 24.4. The van der Waals surface area contributed by atoms with Crippen LogP contribution in [0.25, 0.3) is 45.1 Å². The van der Waals surface area contributed by atoms with Gasteiger partial charge in [0.1, 0.15) is 11.4 Å². The van der Waals surface area contributed by atoms with Gasteiger partial charge in [-0.05, 0) is 62.1 Å². The van der Waals surface area contributed by atoms with Crippen molar-refractivity contribution in [2.24, 2.45) is 0 Å². The van der Waals surface area contributed by atoms with Crippen molar-refractivity contribution in [3.63, 3.8) is 0 Å². The second-order valence-electron chi connectivity index (χ2n) is 9.87. The average Bonchev–Trinajstić information content (AvgIpc) is 3.68. The normalized spacial score (nSPS) is 16.0. The number of hydrogen-bond donors (Lipinski definition) is 0. The number of fused-ring (bicyclic) bond motifs is 2. The van der Waals surface area contributed by atoms with Gasteiger partial charge in [-0.25, -0.2) is 15.0 Å². The van der Waals surface area contributed by atoms with Crippen molar-refractivity contribution >= 4 is 22.1 Å². The molecule has 37 heavy (non-hydrogen) atoms. The van der Waals surface area contributed by atoms with Crippen molar-refractivity contribution < 1.29 is 41.6 Å². The molecule has 2 fully saturated rings. The molecule has 5 aromatic rings. The molecule has 0 spiro atoms. The Labute approximate surface area is 240 Å². The molecular formula is C29H29Cl2CoN5. The van der Waals surface area contributed by atoms with Gasteiger partial charge in [-0.3, -0.25) is 0 Å². The van der Waals surface area contributed by atoms with Gasteiger partial charge in [-0.15, -0.1) is 0 Å². The Bertz CT molecular complexity index is 1390. The van der Waals surface area contributed by atoms with Crippen LogP contribution in [0.15, 0.2) is 66.7 Å². The van der Waals surface area contributed by atoms with E-state index in [2.05, 4.69) is 75.9 Å². The minimum Gasteiger partial charge on any atom is -1.00 e. The Hall–Kier alpha value is -2.38. The summed E-state index contributed by atoms with van der Waals surface area (Å²) in [5.41, 5.74) is 6.41. The molecule has 0 atom stereocenters. The first kappa shape index (κ1) is 27.6. The van der Waals surface area contributed by atoms with E-state index in [1.807, 2.05) is 0 Å². The van der Waals surface area contributed by atoms with Gasteiger partial charge in [0.2, 0.25) is 0 Å². The van der Waals surface area contributed by atoms with E-state index in [1.165, 1.54) is 62.4 Å². The fourth-order valence-electron chi connectivity index (χ4n) is 6.20. The number of halogens is 2. The molecule has 0 aliphatic heterocycles.